The molecule has 0 bridgehead atoms. The molecule has 3 nitrogen and oxygen atoms in total. The molecule has 2 rings (SSSR count). The van der Waals surface area contributed by atoms with Gasteiger partial charge in [0, 0.05) is 5.69 Å². The molecule has 0 aromatic heterocycles. The number of hydrogen-bond acceptors (Lipinski definition) is 2. The van der Waals surface area contributed by atoms with Crippen LogP contribution in [-0.2, 0) is 11.2 Å². The van der Waals surface area contributed by atoms with Gasteiger partial charge in [0.25, 0.3) is 0 Å². The molecule has 2 aromatic carbocycles. The number of ether oxygens (including phenoxy) is 1. The molecule has 1 N–H and O–H groups in total. The molecule has 0 atom stereocenters. The highest BCUT2D eigenvalue weighted by atomic mass is 35.5. The first-order valence-electron chi connectivity index (χ1n) is 6.13. The Labute approximate surface area is 125 Å². The quantitative estimate of drug-likeness (QED) is 0.902. The van der Waals surface area contributed by atoms with Gasteiger partial charge in [-0.2, -0.15) is 8.78 Å². The molecule has 0 aliphatic carbocycles. The van der Waals surface area contributed by atoms with Crippen molar-refractivity contribution < 1.29 is 18.3 Å². The molecule has 0 saturated carbocycles. The normalized spacial score (nSPS) is 10.5. The summed E-state index contributed by atoms with van der Waals surface area (Å²) >= 11 is 5.81. The number of amides is 1. The van der Waals surface area contributed by atoms with E-state index in [1.54, 1.807) is 0 Å². The van der Waals surface area contributed by atoms with Crippen molar-refractivity contribution in [3.63, 3.8) is 0 Å². The van der Waals surface area contributed by atoms with E-state index in [0.29, 0.717) is 5.69 Å². The third-order valence-corrected chi connectivity index (χ3v) is 2.93. The molecule has 2 aromatic rings. The summed E-state index contributed by atoms with van der Waals surface area (Å²) in [7, 11) is 0. The highest BCUT2D eigenvalue weighted by Gasteiger charge is 2.10. The van der Waals surface area contributed by atoms with Gasteiger partial charge in [0.2, 0.25) is 5.91 Å². The van der Waals surface area contributed by atoms with E-state index < -0.39 is 6.61 Å². The van der Waals surface area contributed by atoms with Gasteiger partial charge in [0.1, 0.15) is 5.75 Å². The average molecular weight is 312 g/mol. The molecule has 0 heterocycles. The predicted molar refractivity (Wildman–Crippen MR) is 76.9 cm³/mol. The first-order chi connectivity index (χ1) is 10.0. The Hall–Kier alpha value is -2.14. The lowest BCUT2D eigenvalue weighted by Gasteiger charge is -2.09. The number of alkyl halides is 2. The topological polar surface area (TPSA) is 38.3 Å². The van der Waals surface area contributed by atoms with Crippen molar-refractivity contribution >= 4 is 23.2 Å². The SMILES string of the molecule is O=C(Cc1ccccc1)Nc1ccc(OC(F)F)c(Cl)c1. The van der Waals surface area contributed by atoms with Crippen molar-refractivity contribution in [3.8, 4) is 5.75 Å². The van der Waals surface area contributed by atoms with Gasteiger partial charge in [0.05, 0.1) is 11.4 Å². The largest absolute Gasteiger partial charge is 0.433 e. The lowest BCUT2D eigenvalue weighted by Crippen LogP contribution is -2.14. The highest BCUT2D eigenvalue weighted by Crippen LogP contribution is 2.28. The lowest BCUT2D eigenvalue weighted by atomic mass is 10.1. The number of anilines is 1. The average Bonchev–Trinajstić information content (AvgIpc) is 2.42. The molecule has 0 fully saturated rings. The van der Waals surface area contributed by atoms with Gasteiger partial charge >= 0.3 is 6.61 Å². The molecule has 110 valence electrons. The van der Waals surface area contributed by atoms with E-state index in [2.05, 4.69) is 10.1 Å². The van der Waals surface area contributed by atoms with Crippen molar-refractivity contribution in [3.05, 3.63) is 59.1 Å². The second-order valence-electron chi connectivity index (χ2n) is 4.23. The monoisotopic (exact) mass is 311 g/mol. The van der Waals surface area contributed by atoms with Crippen LogP contribution >= 0.6 is 11.6 Å². The van der Waals surface area contributed by atoms with Crippen LogP contribution in [0.25, 0.3) is 0 Å². The zero-order valence-corrected chi connectivity index (χ0v) is 11.6. The van der Waals surface area contributed by atoms with Crippen molar-refractivity contribution in [2.45, 2.75) is 13.0 Å². The summed E-state index contributed by atoms with van der Waals surface area (Å²) in [4.78, 5) is 11.9. The van der Waals surface area contributed by atoms with Crippen LogP contribution in [-0.4, -0.2) is 12.5 Å². The minimum absolute atomic E-state index is 0.00723. The van der Waals surface area contributed by atoms with Crippen LogP contribution in [0.15, 0.2) is 48.5 Å². The van der Waals surface area contributed by atoms with Crippen LogP contribution < -0.4 is 10.1 Å². The molecule has 1 amide bonds. The number of rotatable bonds is 5. The standard InChI is InChI=1S/C15H12ClF2NO2/c16-12-9-11(6-7-13(12)21-15(17)18)19-14(20)8-10-4-2-1-3-5-10/h1-7,9,15H,8H2,(H,19,20). The van der Waals surface area contributed by atoms with Crippen LogP contribution in [0.4, 0.5) is 14.5 Å². The van der Waals surface area contributed by atoms with E-state index in [0.717, 1.165) is 5.56 Å². The Bertz CT molecular complexity index is 620. The first-order valence-corrected chi connectivity index (χ1v) is 6.50. The fourth-order valence-corrected chi connectivity index (χ4v) is 1.98. The van der Waals surface area contributed by atoms with Crippen molar-refractivity contribution in [2.24, 2.45) is 0 Å². The fourth-order valence-electron chi connectivity index (χ4n) is 1.76. The number of carbonyl (C=O) groups excluding carboxylic acids is 1. The lowest BCUT2D eigenvalue weighted by molar-refractivity contribution is -0.115. The second kappa shape index (κ2) is 7.04. The molecule has 0 saturated heterocycles. The number of hydrogen-bond donors (Lipinski definition) is 1. The minimum Gasteiger partial charge on any atom is -0.433 e. The Morgan fingerprint density at radius 3 is 2.52 bits per heavy atom. The maximum Gasteiger partial charge on any atom is 0.387 e. The van der Waals surface area contributed by atoms with Gasteiger partial charge < -0.3 is 10.1 Å². The third-order valence-electron chi connectivity index (χ3n) is 2.64. The summed E-state index contributed by atoms with van der Waals surface area (Å²) < 4.78 is 28.4. The Kier molecular flexibility index (Phi) is 5.11. The maximum atomic E-state index is 12.1. The minimum atomic E-state index is -2.94. The number of benzene rings is 2. The van der Waals surface area contributed by atoms with Crippen LogP contribution in [0.5, 0.6) is 5.75 Å². The summed E-state index contributed by atoms with van der Waals surface area (Å²) in [5, 5.41) is 2.65. The predicted octanol–water partition coefficient (Wildman–Crippen LogP) is 4.12. The molecular weight excluding hydrogens is 300 g/mol. The van der Waals surface area contributed by atoms with Gasteiger partial charge in [-0.3, -0.25) is 4.79 Å². The second-order valence-corrected chi connectivity index (χ2v) is 4.64. The van der Waals surface area contributed by atoms with E-state index in [1.165, 1.54) is 18.2 Å². The maximum absolute atomic E-state index is 12.1. The number of nitrogens with one attached hydrogen (secondary N) is 1. The molecule has 0 aliphatic heterocycles. The fraction of sp³-hybridized carbons (Fsp3) is 0.133. The summed E-state index contributed by atoms with van der Waals surface area (Å²) in [5.74, 6) is -0.354. The van der Waals surface area contributed by atoms with Gasteiger partial charge in [-0.05, 0) is 23.8 Å². The number of halogens is 3. The van der Waals surface area contributed by atoms with E-state index in [4.69, 9.17) is 11.6 Å². The van der Waals surface area contributed by atoms with Gasteiger partial charge in [-0.15, -0.1) is 0 Å². The molecule has 6 heteroatoms. The summed E-state index contributed by atoms with van der Waals surface area (Å²) in [6.07, 6.45) is 0.216. The molecule has 0 unspecified atom stereocenters. The Morgan fingerprint density at radius 1 is 1.19 bits per heavy atom. The van der Waals surface area contributed by atoms with E-state index in [1.807, 2.05) is 30.3 Å². The van der Waals surface area contributed by atoms with Crippen LogP contribution in [0.3, 0.4) is 0 Å². The first kappa shape index (κ1) is 15.3. The summed E-state index contributed by atoms with van der Waals surface area (Å²) in [5.41, 5.74) is 1.29. The van der Waals surface area contributed by atoms with Gasteiger partial charge in [0.15, 0.2) is 0 Å². The highest BCUT2D eigenvalue weighted by molar-refractivity contribution is 6.32. The van der Waals surface area contributed by atoms with Crippen molar-refractivity contribution in [1.29, 1.82) is 0 Å². The van der Waals surface area contributed by atoms with Crippen molar-refractivity contribution in [2.75, 3.05) is 5.32 Å². The molecule has 0 radical (unpaired) electrons. The van der Waals surface area contributed by atoms with Crippen molar-refractivity contribution in [1.82, 2.24) is 0 Å². The van der Waals surface area contributed by atoms with Gasteiger partial charge in [-0.1, -0.05) is 41.9 Å². The zero-order chi connectivity index (χ0) is 15.2. The van der Waals surface area contributed by atoms with E-state index in [9.17, 15) is 13.6 Å². The number of carbonyl (C=O) groups is 1. The summed E-state index contributed by atoms with van der Waals surface area (Å²) in [6, 6.07) is 13.3. The van der Waals surface area contributed by atoms with Gasteiger partial charge in [-0.25, -0.2) is 0 Å². The molecule has 21 heavy (non-hydrogen) atoms. The van der Waals surface area contributed by atoms with Crippen LogP contribution in [0.1, 0.15) is 5.56 Å². The molecule has 0 aliphatic rings. The summed E-state index contributed by atoms with van der Waals surface area (Å²) in [6.45, 7) is -2.94. The smallest absolute Gasteiger partial charge is 0.387 e. The van der Waals surface area contributed by atoms with E-state index in [-0.39, 0.29) is 23.1 Å². The zero-order valence-electron chi connectivity index (χ0n) is 10.9. The Balaban J connectivity index is 1.99. The molecular formula is C15H12ClF2NO2. The van der Waals surface area contributed by atoms with Crippen LogP contribution in [0, 0.1) is 0 Å². The van der Waals surface area contributed by atoms with E-state index >= 15 is 0 Å². The van der Waals surface area contributed by atoms with Crippen LogP contribution in [0.2, 0.25) is 5.02 Å². The third kappa shape index (κ3) is 4.72. The Morgan fingerprint density at radius 2 is 1.90 bits per heavy atom. The molecule has 0 spiro atoms.